The van der Waals surface area contributed by atoms with Gasteiger partial charge in [0, 0.05) is 0 Å². The standard InChI is InChI=1S/C10H14N4/c1-2-8-3-5-9(6-4-8)7-13-14-10(11)12/h3-7H,2H2,1H3,(H4,11,12,14). The largest absolute Gasteiger partial charge is 0.369 e. The molecule has 0 saturated carbocycles. The summed E-state index contributed by atoms with van der Waals surface area (Å²) in [6, 6.07) is 8.05. The molecule has 0 aliphatic heterocycles. The van der Waals surface area contributed by atoms with E-state index in [4.69, 9.17) is 11.1 Å². The number of rotatable bonds is 3. The Hall–Kier alpha value is -1.84. The molecule has 1 aromatic rings. The van der Waals surface area contributed by atoms with Gasteiger partial charge in [-0.3, -0.25) is 5.41 Å². The van der Waals surface area contributed by atoms with Gasteiger partial charge in [-0.2, -0.15) is 5.10 Å². The number of hydrogen-bond acceptors (Lipinski definition) is 2. The molecular formula is C10H14N4. The van der Waals surface area contributed by atoms with Crippen LogP contribution in [0, 0.1) is 5.41 Å². The Morgan fingerprint density at radius 1 is 1.50 bits per heavy atom. The van der Waals surface area contributed by atoms with Gasteiger partial charge in [0.05, 0.1) is 6.21 Å². The van der Waals surface area contributed by atoms with Crippen molar-refractivity contribution < 1.29 is 0 Å². The SMILES string of the molecule is CCc1ccc(C=NNC(=N)N)cc1. The van der Waals surface area contributed by atoms with Crippen LogP contribution in [0.5, 0.6) is 0 Å². The summed E-state index contributed by atoms with van der Waals surface area (Å²) in [7, 11) is 0. The van der Waals surface area contributed by atoms with E-state index in [-0.39, 0.29) is 5.96 Å². The normalized spacial score (nSPS) is 10.4. The summed E-state index contributed by atoms with van der Waals surface area (Å²) in [5, 5.41) is 10.6. The second-order valence-electron chi connectivity index (χ2n) is 2.88. The lowest BCUT2D eigenvalue weighted by Crippen LogP contribution is -2.25. The fourth-order valence-electron chi connectivity index (χ4n) is 1.02. The summed E-state index contributed by atoms with van der Waals surface area (Å²) in [4.78, 5) is 0. The molecule has 0 radical (unpaired) electrons. The van der Waals surface area contributed by atoms with E-state index in [0.29, 0.717) is 0 Å². The van der Waals surface area contributed by atoms with Crippen LogP contribution in [0.1, 0.15) is 18.1 Å². The van der Waals surface area contributed by atoms with E-state index in [2.05, 4.69) is 29.6 Å². The zero-order chi connectivity index (χ0) is 10.4. The average molecular weight is 190 g/mol. The number of benzene rings is 1. The van der Waals surface area contributed by atoms with Gasteiger partial charge in [-0.05, 0) is 17.5 Å². The van der Waals surface area contributed by atoms with Gasteiger partial charge in [0.1, 0.15) is 0 Å². The van der Waals surface area contributed by atoms with Crippen molar-refractivity contribution >= 4 is 12.2 Å². The molecule has 14 heavy (non-hydrogen) atoms. The van der Waals surface area contributed by atoms with E-state index < -0.39 is 0 Å². The van der Waals surface area contributed by atoms with Crippen LogP contribution in [0.4, 0.5) is 0 Å². The summed E-state index contributed by atoms with van der Waals surface area (Å²) in [6.07, 6.45) is 2.66. The highest BCUT2D eigenvalue weighted by Crippen LogP contribution is 2.02. The molecule has 74 valence electrons. The molecule has 4 N–H and O–H groups in total. The second-order valence-corrected chi connectivity index (χ2v) is 2.88. The molecule has 1 aromatic carbocycles. The second kappa shape index (κ2) is 5.01. The lowest BCUT2D eigenvalue weighted by molar-refractivity contribution is 1.00. The first kappa shape index (κ1) is 10.2. The lowest BCUT2D eigenvalue weighted by Gasteiger charge is -1.97. The smallest absolute Gasteiger partial charge is 0.206 e. The first-order valence-corrected chi connectivity index (χ1v) is 4.44. The first-order chi connectivity index (χ1) is 6.72. The topological polar surface area (TPSA) is 74.3 Å². The van der Waals surface area contributed by atoms with Crippen molar-refractivity contribution in [3.8, 4) is 0 Å². The van der Waals surface area contributed by atoms with Gasteiger partial charge in [0.25, 0.3) is 0 Å². The van der Waals surface area contributed by atoms with Gasteiger partial charge in [0.15, 0.2) is 0 Å². The minimum Gasteiger partial charge on any atom is -0.369 e. The molecule has 1 rings (SSSR count). The lowest BCUT2D eigenvalue weighted by atomic mass is 10.1. The van der Waals surface area contributed by atoms with E-state index in [1.165, 1.54) is 5.56 Å². The maximum Gasteiger partial charge on any atom is 0.206 e. The maximum absolute atomic E-state index is 6.88. The minimum atomic E-state index is -0.161. The number of hydrazone groups is 1. The molecule has 0 aromatic heterocycles. The monoisotopic (exact) mass is 190 g/mol. The Bertz CT molecular complexity index is 326. The van der Waals surface area contributed by atoms with Crippen LogP contribution in [0.15, 0.2) is 29.4 Å². The summed E-state index contributed by atoms with van der Waals surface area (Å²) >= 11 is 0. The van der Waals surface area contributed by atoms with Crippen molar-refractivity contribution in [1.82, 2.24) is 5.43 Å². The van der Waals surface area contributed by atoms with Crippen LogP contribution in [-0.2, 0) is 6.42 Å². The van der Waals surface area contributed by atoms with Crippen LogP contribution in [0.25, 0.3) is 0 Å². The van der Waals surface area contributed by atoms with E-state index in [0.717, 1.165) is 12.0 Å². The highest BCUT2D eigenvalue weighted by Gasteiger charge is 1.89. The van der Waals surface area contributed by atoms with Crippen LogP contribution < -0.4 is 11.2 Å². The van der Waals surface area contributed by atoms with Crippen LogP contribution >= 0.6 is 0 Å². The summed E-state index contributed by atoms with van der Waals surface area (Å²) in [6.45, 7) is 2.11. The minimum absolute atomic E-state index is 0.161. The van der Waals surface area contributed by atoms with Crippen LogP contribution in [0.3, 0.4) is 0 Å². The molecule has 0 saturated heterocycles. The Morgan fingerprint density at radius 3 is 2.64 bits per heavy atom. The number of aryl methyl sites for hydroxylation is 1. The van der Waals surface area contributed by atoms with E-state index in [9.17, 15) is 0 Å². The molecule has 0 aliphatic carbocycles. The number of guanidine groups is 1. The Kier molecular flexibility index (Phi) is 3.67. The van der Waals surface area contributed by atoms with Gasteiger partial charge < -0.3 is 5.73 Å². The molecule has 0 spiro atoms. The Labute approximate surface area is 83.3 Å². The van der Waals surface area contributed by atoms with E-state index in [1.54, 1.807) is 6.21 Å². The first-order valence-electron chi connectivity index (χ1n) is 4.44. The predicted octanol–water partition coefficient (Wildman–Crippen LogP) is 1.07. The van der Waals surface area contributed by atoms with Crippen molar-refractivity contribution in [2.75, 3.05) is 0 Å². The number of hydrogen-bond donors (Lipinski definition) is 3. The molecule has 0 aliphatic rings. The molecule has 0 unspecified atom stereocenters. The Morgan fingerprint density at radius 2 is 2.14 bits per heavy atom. The Balaban J connectivity index is 2.59. The summed E-state index contributed by atoms with van der Waals surface area (Å²) < 4.78 is 0. The van der Waals surface area contributed by atoms with Crippen molar-refractivity contribution in [3.05, 3.63) is 35.4 Å². The molecule has 4 nitrogen and oxygen atoms in total. The molecule has 0 heterocycles. The third kappa shape index (κ3) is 3.26. The van der Waals surface area contributed by atoms with Crippen molar-refractivity contribution in [3.63, 3.8) is 0 Å². The highest BCUT2D eigenvalue weighted by molar-refractivity contribution is 5.81. The fraction of sp³-hybridized carbons (Fsp3) is 0.200. The van der Waals surface area contributed by atoms with Gasteiger partial charge >= 0.3 is 0 Å². The summed E-state index contributed by atoms with van der Waals surface area (Å²) in [5.74, 6) is -0.161. The van der Waals surface area contributed by atoms with Gasteiger partial charge in [-0.1, -0.05) is 31.2 Å². The van der Waals surface area contributed by atoms with Crippen molar-refractivity contribution in [1.29, 1.82) is 5.41 Å². The fourth-order valence-corrected chi connectivity index (χ4v) is 1.02. The maximum atomic E-state index is 6.88. The van der Waals surface area contributed by atoms with Crippen molar-refractivity contribution in [2.45, 2.75) is 13.3 Å². The molecule has 0 atom stereocenters. The number of nitrogens with one attached hydrogen (secondary N) is 2. The van der Waals surface area contributed by atoms with Crippen LogP contribution in [-0.4, -0.2) is 12.2 Å². The average Bonchev–Trinajstić information content (AvgIpc) is 2.18. The molecule has 0 fully saturated rings. The van der Waals surface area contributed by atoms with E-state index >= 15 is 0 Å². The van der Waals surface area contributed by atoms with E-state index in [1.807, 2.05) is 12.1 Å². The third-order valence-electron chi connectivity index (χ3n) is 1.79. The van der Waals surface area contributed by atoms with Crippen LogP contribution in [0.2, 0.25) is 0 Å². The highest BCUT2D eigenvalue weighted by atomic mass is 15.3. The number of nitrogens with zero attached hydrogens (tertiary/aromatic N) is 1. The molecule has 0 amide bonds. The van der Waals surface area contributed by atoms with Gasteiger partial charge in [0.2, 0.25) is 5.96 Å². The van der Waals surface area contributed by atoms with Gasteiger partial charge in [-0.25, -0.2) is 5.43 Å². The van der Waals surface area contributed by atoms with Gasteiger partial charge in [-0.15, -0.1) is 0 Å². The number of nitrogens with two attached hydrogens (primary N) is 1. The zero-order valence-electron chi connectivity index (χ0n) is 8.12. The molecule has 4 heteroatoms. The van der Waals surface area contributed by atoms with Crippen molar-refractivity contribution in [2.24, 2.45) is 10.8 Å². The molecule has 0 bridgehead atoms. The molecular weight excluding hydrogens is 176 g/mol. The summed E-state index contributed by atoms with van der Waals surface area (Å²) in [5.41, 5.74) is 9.69. The quantitative estimate of drug-likeness (QED) is 0.379. The zero-order valence-corrected chi connectivity index (χ0v) is 8.12. The predicted molar refractivity (Wildman–Crippen MR) is 58.5 cm³/mol. The third-order valence-corrected chi connectivity index (χ3v) is 1.79.